The van der Waals surface area contributed by atoms with E-state index < -0.39 is 166 Å². The highest BCUT2D eigenvalue weighted by Gasteiger charge is 2.92. The largest absolute Gasteiger partial charge is 0.462 e. The Bertz CT molecular complexity index is 2080. The number of ether oxygens (including phenoxy) is 6. The highest BCUT2D eigenvalue weighted by Crippen LogP contribution is 2.62. The molecule has 0 amide bonds. The second-order valence-corrected chi connectivity index (χ2v) is 16.6. The van der Waals surface area contributed by atoms with Crippen molar-refractivity contribution in [3.63, 3.8) is 0 Å². The molecule has 6 atom stereocenters. The summed E-state index contributed by atoms with van der Waals surface area (Å²) in [7, 11) is 1.00. The molecule has 2 aromatic carbocycles. The number of halogens is 26. The number of hydrogen-bond donors (Lipinski definition) is 0. The molecule has 2 fully saturated rings. The van der Waals surface area contributed by atoms with Crippen LogP contribution in [0.3, 0.4) is 0 Å². The average Bonchev–Trinajstić information content (AvgIpc) is 3.29. The minimum Gasteiger partial charge on any atom is -0.462 e. The Morgan fingerprint density at radius 3 is 1.35 bits per heavy atom. The molecule has 0 aliphatic carbocycles. The summed E-state index contributed by atoms with van der Waals surface area (Å²) in [5, 5.41) is -1.39. The molecule has 7 nitrogen and oxygen atoms in total. The second kappa shape index (κ2) is 21.5. The van der Waals surface area contributed by atoms with Crippen molar-refractivity contribution in [2.24, 2.45) is 0 Å². The zero-order valence-electron chi connectivity index (χ0n) is 36.5. The monoisotopic (exact) mass is 1150 g/mol. The maximum atomic E-state index is 14.9. The van der Waals surface area contributed by atoms with Crippen LogP contribution in [0.2, 0.25) is 0 Å². The maximum Gasteiger partial charge on any atom is 0.460 e. The van der Waals surface area contributed by atoms with Crippen LogP contribution in [0.1, 0.15) is 43.1 Å². The van der Waals surface area contributed by atoms with Crippen LogP contribution in [0.15, 0.2) is 60.7 Å². The van der Waals surface area contributed by atoms with Crippen LogP contribution in [-0.2, 0) is 35.0 Å². The Morgan fingerprint density at radius 1 is 0.541 bits per heavy atom. The Labute approximate surface area is 404 Å². The third kappa shape index (κ3) is 11.4. The molecule has 0 bridgehead atoms. The van der Waals surface area contributed by atoms with Crippen molar-refractivity contribution in [3.8, 4) is 0 Å². The summed E-state index contributed by atoms with van der Waals surface area (Å²) in [6, 6.07) is 15.0. The fourth-order valence-corrected chi connectivity index (χ4v) is 7.27. The third-order valence-corrected chi connectivity index (χ3v) is 11.6. The van der Waals surface area contributed by atoms with Crippen molar-refractivity contribution in [1.29, 1.82) is 0 Å². The molecule has 2 aromatic rings. The van der Waals surface area contributed by atoms with E-state index in [9.17, 15) is 114 Å². The number of hydrogen-bond acceptors (Lipinski definition) is 7. The average molecular weight is 1150 g/mol. The third-order valence-electron chi connectivity index (χ3n) is 11.2. The fourth-order valence-electron chi connectivity index (χ4n) is 6.98. The number of alkyl halides is 26. The van der Waals surface area contributed by atoms with Gasteiger partial charge in [-0.1, -0.05) is 60.7 Å². The quantitative estimate of drug-likeness (QED) is 0.0854. The number of thiocarbonyl (C=S) groups is 1. The Morgan fingerprint density at radius 2 is 0.946 bits per heavy atom. The summed E-state index contributed by atoms with van der Waals surface area (Å²) in [4.78, 5) is -0.0125. The van der Waals surface area contributed by atoms with Crippen LogP contribution in [0.4, 0.5) is 114 Å². The van der Waals surface area contributed by atoms with Crippen molar-refractivity contribution in [3.05, 3.63) is 71.8 Å². The molecule has 2 heterocycles. The van der Waals surface area contributed by atoms with E-state index in [0.717, 1.165) is 7.11 Å². The van der Waals surface area contributed by atoms with Gasteiger partial charge in [-0.3, -0.25) is 0 Å². The maximum absolute atomic E-state index is 14.9. The summed E-state index contributed by atoms with van der Waals surface area (Å²) >= 11 is 5.10. The molecule has 0 saturated carbocycles. The van der Waals surface area contributed by atoms with Gasteiger partial charge in [0.05, 0.1) is 13.2 Å². The van der Waals surface area contributed by atoms with Gasteiger partial charge in [0, 0.05) is 38.6 Å². The predicted octanol–water partition coefficient (Wildman–Crippen LogP) is 13.1. The lowest BCUT2D eigenvalue weighted by molar-refractivity contribution is -0.440. The minimum absolute atomic E-state index is 0.0125. The molecule has 0 radical (unpaired) electrons. The Kier molecular flexibility index (Phi) is 18.2. The molecule has 74 heavy (non-hydrogen) atoms. The lowest BCUT2D eigenvalue weighted by Gasteiger charge is -2.49. The van der Waals surface area contributed by atoms with Crippen LogP contribution in [0.5, 0.6) is 0 Å². The van der Waals surface area contributed by atoms with Crippen molar-refractivity contribution in [2.45, 2.75) is 141 Å². The van der Waals surface area contributed by atoms with Crippen LogP contribution in [0.25, 0.3) is 0 Å². The molecule has 0 unspecified atom stereocenters. The number of methoxy groups -OCH3 is 1. The van der Waals surface area contributed by atoms with E-state index in [1.54, 1.807) is 12.1 Å². The number of nitrogens with zero attached hydrogens (tertiary/aromatic N) is 1. The van der Waals surface area contributed by atoms with Gasteiger partial charge in [-0.05, 0) is 30.6 Å². The normalized spacial score (nSPS) is 22.6. The highest BCUT2D eigenvalue weighted by atomic mass is 32.1. The van der Waals surface area contributed by atoms with Crippen LogP contribution in [0, 0.1) is 0 Å². The molecule has 0 aromatic heterocycles. The van der Waals surface area contributed by atoms with Gasteiger partial charge in [0.25, 0.3) is 5.17 Å². The van der Waals surface area contributed by atoms with E-state index in [4.69, 9.17) is 40.6 Å². The predicted molar refractivity (Wildman–Crippen MR) is 200 cm³/mol. The molecule has 0 spiro atoms. The van der Waals surface area contributed by atoms with E-state index in [2.05, 4.69) is 0 Å². The first-order chi connectivity index (χ1) is 33.4. The van der Waals surface area contributed by atoms with Gasteiger partial charge in [-0.2, -0.15) is 114 Å². The first kappa shape index (κ1) is 62.6. The van der Waals surface area contributed by atoms with E-state index in [0.29, 0.717) is 5.56 Å². The SMILES string of the molecule is CO[C@H]1O[C@@H]2CO[C@@H](c3ccccc3)O[C@H]2[C@H](OC(=S)N(CCCC(F)(F)C(F)(F)C(F)(F)C(F)(F)C(F)(F)C(F)(F)F)CCCC(F)(F)C(F)(F)C(F)(F)C(F)(F)C(F)(F)C(F)(F)F)[C@H]1OCc1ccccc1. The van der Waals surface area contributed by atoms with Crippen molar-refractivity contribution >= 4 is 17.4 Å². The molecule has 2 aliphatic heterocycles. The van der Waals surface area contributed by atoms with Crippen molar-refractivity contribution in [2.75, 3.05) is 26.8 Å². The lowest BCUT2D eigenvalue weighted by atomic mass is 9.91. The van der Waals surface area contributed by atoms with Gasteiger partial charge in [0.2, 0.25) is 0 Å². The number of benzene rings is 2. The summed E-state index contributed by atoms with van der Waals surface area (Å²) in [6.07, 6.45) is -35.0. The van der Waals surface area contributed by atoms with Gasteiger partial charge >= 0.3 is 71.6 Å². The van der Waals surface area contributed by atoms with Crippen molar-refractivity contribution in [1.82, 2.24) is 4.90 Å². The molecule has 424 valence electrons. The minimum atomic E-state index is -8.34. The fraction of sp³-hybridized carbons (Fsp3) is 0.675. The molecular formula is C40H35F26NO6S. The zero-order valence-corrected chi connectivity index (χ0v) is 37.3. The zero-order chi connectivity index (χ0) is 56.7. The Balaban J connectivity index is 1.74. The summed E-state index contributed by atoms with van der Waals surface area (Å²) in [5.74, 6) is -78.8. The van der Waals surface area contributed by atoms with E-state index in [1.807, 2.05) is 0 Å². The molecule has 2 aliphatic rings. The summed E-state index contributed by atoms with van der Waals surface area (Å²) < 4.78 is 395. The van der Waals surface area contributed by atoms with Crippen LogP contribution < -0.4 is 0 Å². The van der Waals surface area contributed by atoms with Crippen LogP contribution >= 0.6 is 12.2 Å². The molecular weight excluding hydrogens is 1120 g/mol. The summed E-state index contributed by atoms with van der Waals surface area (Å²) in [5.41, 5.74) is 0.657. The smallest absolute Gasteiger partial charge is 0.460 e. The summed E-state index contributed by atoms with van der Waals surface area (Å²) in [6.45, 7) is -4.34. The molecule has 4 rings (SSSR count). The number of rotatable bonds is 22. The first-order valence-corrected chi connectivity index (χ1v) is 20.9. The topological polar surface area (TPSA) is 58.6 Å². The molecule has 0 N–H and O–H groups in total. The first-order valence-electron chi connectivity index (χ1n) is 20.5. The van der Waals surface area contributed by atoms with Gasteiger partial charge in [-0.15, -0.1) is 0 Å². The molecule has 2 saturated heterocycles. The highest BCUT2D eigenvalue weighted by molar-refractivity contribution is 7.80. The molecule has 34 heteroatoms. The van der Waals surface area contributed by atoms with Gasteiger partial charge < -0.3 is 33.3 Å². The standard InChI is InChI=1S/C40H35F26NO6S/c1-68-27-25(69-18-20-10-4-2-5-11-20)24(23-22(71-27)19-70-26(72-23)21-12-6-3-7-13-21)73-28(74)67(16-8-14-29(41,42)31(45,46)33(49,50)35(53,54)37(57,58)39(61,62)63)17-9-15-30(43,44)32(47,48)34(51,52)36(55,56)38(59,60)40(64,65)66/h2-7,10-13,22-27H,8-9,14-19H2,1H3/t22-,23-,24+,25-,26-,27+/m1/s1. The Hall–Kier alpha value is -3.89. The van der Waals surface area contributed by atoms with E-state index in [-0.39, 0.29) is 10.5 Å². The number of fused-ring (bicyclic) bond motifs is 1. The van der Waals surface area contributed by atoms with Crippen LogP contribution in [-0.4, -0.2) is 139 Å². The van der Waals surface area contributed by atoms with Crippen molar-refractivity contribution < 1.29 is 143 Å². The van der Waals surface area contributed by atoms with Gasteiger partial charge in [0.1, 0.15) is 18.3 Å². The van der Waals surface area contributed by atoms with Gasteiger partial charge in [0.15, 0.2) is 18.7 Å². The lowest BCUT2D eigenvalue weighted by Crippen LogP contribution is -2.70. The van der Waals surface area contributed by atoms with E-state index in [1.165, 1.54) is 48.5 Å². The van der Waals surface area contributed by atoms with Gasteiger partial charge in [-0.25, -0.2) is 0 Å². The van der Waals surface area contributed by atoms with E-state index >= 15 is 0 Å². The second-order valence-electron chi connectivity index (χ2n) is 16.3.